The van der Waals surface area contributed by atoms with Gasteiger partial charge in [-0.25, -0.2) is 0 Å². The number of rotatable bonds is 8. The molecule has 0 aliphatic heterocycles. The summed E-state index contributed by atoms with van der Waals surface area (Å²) in [5, 5.41) is 2.42. The summed E-state index contributed by atoms with van der Waals surface area (Å²) < 4.78 is 0. The van der Waals surface area contributed by atoms with E-state index < -0.39 is 0 Å². The van der Waals surface area contributed by atoms with Gasteiger partial charge in [0.2, 0.25) is 0 Å². The van der Waals surface area contributed by atoms with E-state index in [1.165, 1.54) is 55.3 Å². The van der Waals surface area contributed by atoms with Crippen LogP contribution < -0.4 is 0 Å². The summed E-state index contributed by atoms with van der Waals surface area (Å²) in [6, 6.07) is 43.8. The Morgan fingerprint density at radius 1 is 0.286 bits per heavy atom. The molecule has 42 heavy (non-hydrogen) atoms. The highest BCUT2D eigenvalue weighted by Gasteiger charge is 2.15. The van der Waals surface area contributed by atoms with Crippen LogP contribution in [0.2, 0.25) is 0 Å². The third-order valence-corrected chi connectivity index (χ3v) is 7.94. The first-order valence-corrected chi connectivity index (χ1v) is 14.1. The zero-order chi connectivity index (χ0) is 29.1. The molecule has 0 spiro atoms. The fourth-order valence-corrected chi connectivity index (χ4v) is 5.49. The second-order valence-electron chi connectivity index (χ2n) is 10.4. The molecule has 0 heterocycles. The minimum absolute atomic E-state index is 1.10. The summed E-state index contributed by atoms with van der Waals surface area (Å²) in [6.45, 7) is 15.7. The maximum absolute atomic E-state index is 3.95. The lowest BCUT2D eigenvalue weighted by Gasteiger charge is -2.17. The maximum Gasteiger partial charge on any atom is -0.00926 e. The van der Waals surface area contributed by atoms with Crippen molar-refractivity contribution in [3.8, 4) is 44.5 Å². The Kier molecular flexibility index (Phi) is 7.37. The fraction of sp³-hybridized carbons (Fsp3) is 0. The minimum Gasteiger partial charge on any atom is -0.0985 e. The molecule has 0 bridgehead atoms. The van der Waals surface area contributed by atoms with E-state index in [1.54, 1.807) is 0 Å². The Balaban J connectivity index is 1.68. The van der Waals surface area contributed by atoms with Gasteiger partial charge < -0.3 is 0 Å². The van der Waals surface area contributed by atoms with Crippen LogP contribution in [0.25, 0.3) is 79.6 Å². The van der Waals surface area contributed by atoms with Crippen LogP contribution in [0, 0.1) is 0 Å². The van der Waals surface area contributed by atoms with Crippen molar-refractivity contribution >= 4 is 35.1 Å². The zero-order valence-electron chi connectivity index (χ0n) is 23.7. The van der Waals surface area contributed by atoms with Crippen LogP contribution in [0.3, 0.4) is 0 Å². The van der Waals surface area contributed by atoms with Crippen LogP contribution in [0.4, 0.5) is 0 Å². The van der Waals surface area contributed by atoms with Gasteiger partial charge in [-0.1, -0.05) is 148 Å². The molecular weight excluding hydrogens is 504 g/mol. The number of hydrogen-bond acceptors (Lipinski definition) is 0. The largest absolute Gasteiger partial charge is 0.0985 e. The summed E-state index contributed by atoms with van der Waals surface area (Å²) in [5.41, 5.74) is 13.8. The first-order valence-electron chi connectivity index (χ1n) is 14.1. The van der Waals surface area contributed by atoms with E-state index in [9.17, 15) is 0 Å². The van der Waals surface area contributed by atoms with E-state index in [0.29, 0.717) is 0 Å². The third-order valence-electron chi connectivity index (χ3n) is 7.94. The molecule has 0 aliphatic carbocycles. The first kappa shape index (κ1) is 26.7. The smallest absolute Gasteiger partial charge is 0.00926 e. The molecule has 200 valence electrons. The molecular formula is C42H32. The highest BCUT2D eigenvalue weighted by molar-refractivity contribution is 6.09. The molecule has 6 aromatic carbocycles. The van der Waals surface area contributed by atoms with E-state index in [2.05, 4.69) is 148 Å². The Labute approximate surface area is 249 Å². The fourth-order valence-electron chi connectivity index (χ4n) is 5.49. The highest BCUT2D eigenvalue weighted by Crippen LogP contribution is 2.42. The van der Waals surface area contributed by atoms with Crippen LogP contribution in [0.5, 0.6) is 0 Å². The molecule has 6 aromatic rings. The number of benzene rings is 6. The molecule has 0 aliphatic rings. The third kappa shape index (κ3) is 5.19. The lowest BCUT2D eigenvalue weighted by molar-refractivity contribution is 1.57. The van der Waals surface area contributed by atoms with Gasteiger partial charge in [-0.15, -0.1) is 0 Å². The van der Waals surface area contributed by atoms with E-state index in [0.717, 1.165) is 22.3 Å². The zero-order valence-corrected chi connectivity index (χ0v) is 23.7. The van der Waals surface area contributed by atoms with Gasteiger partial charge in [-0.2, -0.15) is 0 Å². The van der Waals surface area contributed by atoms with Crippen molar-refractivity contribution < 1.29 is 0 Å². The van der Waals surface area contributed by atoms with Crippen molar-refractivity contribution in [2.45, 2.75) is 0 Å². The minimum atomic E-state index is 1.10. The van der Waals surface area contributed by atoms with Gasteiger partial charge in [-0.05, 0) is 102 Å². The first-order chi connectivity index (χ1) is 20.6. The van der Waals surface area contributed by atoms with E-state index in [-0.39, 0.29) is 0 Å². The van der Waals surface area contributed by atoms with Gasteiger partial charge in [0.05, 0.1) is 0 Å². The molecule has 0 saturated carbocycles. The summed E-state index contributed by atoms with van der Waals surface area (Å²) in [5.74, 6) is 0. The van der Waals surface area contributed by atoms with Gasteiger partial charge >= 0.3 is 0 Å². The SMILES string of the molecule is C=Cc1ccc(-c2cc(-c3ccc(C=C)cc3)c3cc(-c4ccc(C=C)cc4)cc(-c4ccc(C=C)cc4)c3c2)cc1. The van der Waals surface area contributed by atoms with Crippen molar-refractivity contribution in [3.05, 3.63) is 170 Å². The Morgan fingerprint density at radius 3 is 0.810 bits per heavy atom. The quantitative estimate of drug-likeness (QED) is 0.181. The van der Waals surface area contributed by atoms with Crippen LogP contribution in [-0.2, 0) is 0 Å². The van der Waals surface area contributed by atoms with Crippen molar-refractivity contribution in [2.24, 2.45) is 0 Å². The van der Waals surface area contributed by atoms with E-state index in [4.69, 9.17) is 0 Å². The lowest BCUT2D eigenvalue weighted by Crippen LogP contribution is -1.91. The van der Waals surface area contributed by atoms with Crippen molar-refractivity contribution in [3.63, 3.8) is 0 Å². The standard InChI is InChI=1S/C42H32/c1-5-29-9-17-33(18-10-29)37-25-39(35-21-13-31(7-3)14-22-35)42-28-38(34-19-11-30(6-2)12-20-34)26-40(41(42)27-37)36-23-15-32(8-4)16-24-36/h5-28H,1-4H2. The predicted molar refractivity (Wildman–Crippen MR) is 186 cm³/mol. The van der Waals surface area contributed by atoms with Gasteiger partial charge in [0.1, 0.15) is 0 Å². The van der Waals surface area contributed by atoms with E-state index >= 15 is 0 Å². The molecule has 0 amide bonds. The topological polar surface area (TPSA) is 0 Å². The summed E-state index contributed by atoms with van der Waals surface area (Å²) in [6.07, 6.45) is 7.53. The average molecular weight is 537 g/mol. The number of fused-ring (bicyclic) bond motifs is 1. The molecule has 0 atom stereocenters. The lowest BCUT2D eigenvalue weighted by atomic mass is 9.86. The second-order valence-corrected chi connectivity index (χ2v) is 10.4. The van der Waals surface area contributed by atoms with E-state index in [1.807, 2.05) is 24.3 Å². The monoisotopic (exact) mass is 536 g/mol. The van der Waals surface area contributed by atoms with Gasteiger partial charge in [0.15, 0.2) is 0 Å². The summed E-state index contributed by atoms with van der Waals surface area (Å²) in [7, 11) is 0. The number of hydrogen-bond donors (Lipinski definition) is 0. The summed E-state index contributed by atoms with van der Waals surface area (Å²) >= 11 is 0. The van der Waals surface area contributed by atoms with Gasteiger partial charge in [0.25, 0.3) is 0 Å². The molecule has 0 radical (unpaired) electrons. The molecule has 0 heteroatoms. The van der Waals surface area contributed by atoms with Gasteiger partial charge in [-0.3, -0.25) is 0 Å². The molecule has 0 N–H and O–H groups in total. The van der Waals surface area contributed by atoms with Crippen LogP contribution in [0.15, 0.2) is 148 Å². The van der Waals surface area contributed by atoms with Crippen molar-refractivity contribution in [2.75, 3.05) is 0 Å². The Hall–Kier alpha value is -5.46. The maximum atomic E-state index is 3.95. The van der Waals surface area contributed by atoms with Gasteiger partial charge in [0, 0.05) is 0 Å². The average Bonchev–Trinajstić information content (AvgIpc) is 3.07. The molecule has 6 rings (SSSR count). The molecule has 0 nitrogen and oxygen atoms in total. The van der Waals surface area contributed by atoms with Crippen LogP contribution >= 0.6 is 0 Å². The van der Waals surface area contributed by atoms with Crippen molar-refractivity contribution in [1.82, 2.24) is 0 Å². The second kappa shape index (κ2) is 11.6. The van der Waals surface area contributed by atoms with Crippen LogP contribution in [0.1, 0.15) is 22.3 Å². The molecule has 0 aromatic heterocycles. The van der Waals surface area contributed by atoms with Crippen molar-refractivity contribution in [1.29, 1.82) is 0 Å². The molecule has 0 saturated heterocycles. The van der Waals surface area contributed by atoms with Crippen LogP contribution in [-0.4, -0.2) is 0 Å². The normalized spacial score (nSPS) is 10.8. The Morgan fingerprint density at radius 2 is 0.548 bits per heavy atom. The molecule has 0 fully saturated rings. The highest BCUT2D eigenvalue weighted by atomic mass is 14.2. The molecule has 0 unspecified atom stereocenters. The predicted octanol–water partition coefficient (Wildman–Crippen LogP) is 12.1. The Bertz CT molecular complexity index is 1780. The summed E-state index contributed by atoms with van der Waals surface area (Å²) in [4.78, 5) is 0.